The van der Waals surface area contributed by atoms with Crippen LogP contribution in [0.15, 0.2) is 24.3 Å². The van der Waals surface area contributed by atoms with E-state index in [1.807, 2.05) is 0 Å². The van der Waals surface area contributed by atoms with Gasteiger partial charge in [0.2, 0.25) is 0 Å². The highest BCUT2D eigenvalue weighted by Gasteiger charge is 2.30. The number of carbonyl (C=O) groups excluding carboxylic acids is 1. The van der Waals surface area contributed by atoms with E-state index in [0.717, 1.165) is 48.3 Å². The molecule has 0 bridgehead atoms. The van der Waals surface area contributed by atoms with Gasteiger partial charge in [-0.3, -0.25) is 0 Å². The lowest BCUT2D eigenvalue weighted by Crippen LogP contribution is -2.21. The number of alkyl halides is 3. The molecule has 28 heavy (non-hydrogen) atoms. The number of carbonyl (C=O) groups is 1. The van der Waals surface area contributed by atoms with Crippen LogP contribution in [0.5, 0.6) is 0 Å². The summed E-state index contributed by atoms with van der Waals surface area (Å²) in [5.41, 5.74) is 0.916. The molecule has 0 saturated heterocycles. The van der Waals surface area contributed by atoms with Crippen molar-refractivity contribution in [2.45, 2.75) is 38.8 Å². The standard InChI is InChI=1S/C19H19F3N2O2S2/c1-2-26-17(25)15-13-8-3-4-9-14(13)28-16(15)24-18(27)23-12-7-5-6-11(10-12)19(20,21)22/h5-7,10H,2-4,8-9H2,1H3,(H2,23,24,27). The van der Waals surface area contributed by atoms with E-state index in [2.05, 4.69) is 10.6 Å². The first kappa shape index (κ1) is 20.6. The van der Waals surface area contributed by atoms with Crippen molar-refractivity contribution in [3.8, 4) is 0 Å². The van der Waals surface area contributed by atoms with Crippen LogP contribution in [0, 0.1) is 0 Å². The molecule has 9 heteroatoms. The third-order valence-corrected chi connectivity index (χ3v) is 5.74. The minimum atomic E-state index is -4.43. The van der Waals surface area contributed by atoms with E-state index in [1.165, 1.54) is 23.5 Å². The monoisotopic (exact) mass is 428 g/mol. The molecule has 1 aliphatic rings. The summed E-state index contributed by atoms with van der Waals surface area (Å²) in [5.74, 6) is -0.411. The zero-order valence-electron chi connectivity index (χ0n) is 15.1. The number of esters is 1. The van der Waals surface area contributed by atoms with Gasteiger partial charge in [-0.05, 0) is 68.6 Å². The number of halogens is 3. The van der Waals surface area contributed by atoms with Crippen LogP contribution in [-0.2, 0) is 23.8 Å². The third kappa shape index (κ3) is 4.64. The SMILES string of the molecule is CCOC(=O)c1c(NC(=S)Nc2cccc(C(F)(F)F)c2)sc2c1CCCC2. The number of hydrogen-bond acceptors (Lipinski definition) is 4. The van der Waals surface area contributed by atoms with Crippen molar-refractivity contribution in [2.75, 3.05) is 17.2 Å². The van der Waals surface area contributed by atoms with Gasteiger partial charge in [0, 0.05) is 10.6 Å². The Hall–Kier alpha value is -2.13. The zero-order valence-corrected chi connectivity index (χ0v) is 16.7. The van der Waals surface area contributed by atoms with Crippen molar-refractivity contribution in [1.82, 2.24) is 0 Å². The Morgan fingerprint density at radius 3 is 2.71 bits per heavy atom. The van der Waals surface area contributed by atoms with Gasteiger partial charge in [0.05, 0.1) is 17.7 Å². The highest BCUT2D eigenvalue weighted by atomic mass is 32.1. The molecule has 1 aliphatic carbocycles. The van der Waals surface area contributed by atoms with E-state index in [0.29, 0.717) is 10.6 Å². The summed E-state index contributed by atoms with van der Waals surface area (Å²) in [5, 5.41) is 6.41. The fraction of sp³-hybridized carbons (Fsp3) is 0.368. The average molecular weight is 429 g/mol. The van der Waals surface area contributed by atoms with Gasteiger partial charge in [-0.1, -0.05) is 6.07 Å². The summed E-state index contributed by atoms with van der Waals surface area (Å²) in [6.45, 7) is 2.00. The second-order valence-corrected chi connectivity index (χ2v) is 7.81. The zero-order chi connectivity index (χ0) is 20.3. The molecule has 0 aliphatic heterocycles. The molecule has 0 spiro atoms. The third-order valence-electron chi connectivity index (χ3n) is 4.33. The second kappa shape index (κ2) is 8.48. The Bertz CT molecular complexity index is 894. The predicted molar refractivity (Wildman–Crippen MR) is 108 cm³/mol. The molecule has 1 aromatic carbocycles. The summed E-state index contributed by atoms with van der Waals surface area (Å²) < 4.78 is 43.8. The lowest BCUT2D eigenvalue weighted by Gasteiger charge is -2.14. The Kier molecular flexibility index (Phi) is 6.24. The molecule has 0 radical (unpaired) electrons. The van der Waals surface area contributed by atoms with Crippen molar-refractivity contribution in [1.29, 1.82) is 0 Å². The number of fused-ring (bicyclic) bond motifs is 1. The van der Waals surface area contributed by atoms with Crippen LogP contribution in [0.4, 0.5) is 23.9 Å². The van der Waals surface area contributed by atoms with Crippen molar-refractivity contribution < 1.29 is 22.7 Å². The molecule has 150 valence electrons. The molecule has 1 aromatic heterocycles. The van der Waals surface area contributed by atoms with Crippen LogP contribution >= 0.6 is 23.6 Å². The molecule has 0 atom stereocenters. The van der Waals surface area contributed by atoms with Crippen molar-refractivity contribution in [3.05, 3.63) is 45.8 Å². The van der Waals surface area contributed by atoms with Crippen LogP contribution < -0.4 is 10.6 Å². The number of rotatable bonds is 4. The smallest absolute Gasteiger partial charge is 0.416 e. The van der Waals surface area contributed by atoms with E-state index < -0.39 is 17.7 Å². The van der Waals surface area contributed by atoms with Gasteiger partial charge in [-0.25, -0.2) is 4.79 Å². The fourth-order valence-corrected chi connectivity index (χ4v) is 4.68. The summed E-state index contributed by atoms with van der Waals surface area (Å²) in [4.78, 5) is 13.6. The van der Waals surface area contributed by atoms with Crippen LogP contribution in [0.2, 0.25) is 0 Å². The van der Waals surface area contributed by atoms with E-state index in [-0.39, 0.29) is 17.4 Å². The number of aryl methyl sites for hydroxylation is 1. The topological polar surface area (TPSA) is 50.4 Å². The minimum absolute atomic E-state index is 0.114. The lowest BCUT2D eigenvalue weighted by molar-refractivity contribution is -0.137. The van der Waals surface area contributed by atoms with E-state index >= 15 is 0 Å². The molecule has 3 rings (SSSR count). The van der Waals surface area contributed by atoms with E-state index in [1.54, 1.807) is 6.92 Å². The number of hydrogen-bond donors (Lipinski definition) is 2. The molecule has 0 unspecified atom stereocenters. The Morgan fingerprint density at radius 2 is 2.00 bits per heavy atom. The van der Waals surface area contributed by atoms with Gasteiger partial charge in [0.1, 0.15) is 5.00 Å². The van der Waals surface area contributed by atoms with Gasteiger partial charge in [0.15, 0.2) is 5.11 Å². The minimum Gasteiger partial charge on any atom is -0.462 e. The first-order chi connectivity index (χ1) is 13.3. The number of benzene rings is 1. The molecule has 0 saturated carbocycles. The maximum absolute atomic E-state index is 12.9. The average Bonchev–Trinajstić information content (AvgIpc) is 2.99. The highest BCUT2D eigenvalue weighted by molar-refractivity contribution is 7.80. The molecule has 4 nitrogen and oxygen atoms in total. The molecule has 2 N–H and O–H groups in total. The quantitative estimate of drug-likeness (QED) is 0.488. The summed E-state index contributed by atoms with van der Waals surface area (Å²) in [7, 11) is 0. The Labute approximate surface area is 170 Å². The summed E-state index contributed by atoms with van der Waals surface area (Å²) >= 11 is 6.70. The maximum atomic E-state index is 12.9. The normalized spacial score (nSPS) is 13.6. The first-order valence-electron chi connectivity index (χ1n) is 8.86. The van der Waals surface area contributed by atoms with Crippen LogP contribution in [0.25, 0.3) is 0 Å². The second-order valence-electron chi connectivity index (χ2n) is 6.29. The van der Waals surface area contributed by atoms with Gasteiger partial charge in [-0.2, -0.15) is 13.2 Å². The first-order valence-corrected chi connectivity index (χ1v) is 10.1. The Morgan fingerprint density at radius 1 is 1.25 bits per heavy atom. The van der Waals surface area contributed by atoms with Crippen molar-refractivity contribution in [3.63, 3.8) is 0 Å². The van der Waals surface area contributed by atoms with Crippen molar-refractivity contribution in [2.24, 2.45) is 0 Å². The number of anilines is 2. The maximum Gasteiger partial charge on any atom is 0.416 e. The fourth-order valence-electron chi connectivity index (χ4n) is 3.11. The molecular formula is C19H19F3N2O2S2. The van der Waals surface area contributed by atoms with E-state index in [4.69, 9.17) is 17.0 Å². The highest BCUT2D eigenvalue weighted by Crippen LogP contribution is 2.38. The van der Waals surface area contributed by atoms with Gasteiger partial charge in [-0.15, -0.1) is 11.3 Å². The van der Waals surface area contributed by atoms with Gasteiger partial charge < -0.3 is 15.4 Å². The molecular weight excluding hydrogens is 409 g/mol. The van der Waals surface area contributed by atoms with Crippen LogP contribution in [0.1, 0.15) is 46.1 Å². The molecule has 0 fully saturated rings. The predicted octanol–water partition coefficient (Wildman–Crippen LogP) is 5.63. The van der Waals surface area contributed by atoms with Crippen LogP contribution in [-0.4, -0.2) is 17.7 Å². The lowest BCUT2D eigenvalue weighted by atomic mass is 9.95. The van der Waals surface area contributed by atoms with E-state index in [9.17, 15) is 18.0 Å². The van der Waals surface area contributed by atoms with Gasteiger partial charge in [0.25, 0.3) is 0 Å². The largest absolute Gasteiger partial charge is 0.462 e. The molecule has 0 amide bonds. The number of ether oxygens (including phenoxy) is 1. The molecule has 1 heterocycles. The number of nitrogens with one attached hydrogen (secondary N) is 2. The van der Waals surface area contributed by atoms with Crippen molar-refractivity contribution >= 4 is 45.3 Å². The Balaban J connectivity index is 1.81. The number of thiocarbonyl (C=S) groups is 1. The van der Waals surface area contributed by atoms with Gasteiger partial charge >= 0.3 is 12.1 Å². The summed E-state index contributed by atoms with van der Waals surface area (Å²) in [6, 6.07) is 4.78. The number of thiophene rings is 1. The van der Waals surface area contributed by atoms with Crippen LogP contribution in [0.3, 0.4) is 0 Å². The summed E-state index contributed by atoms with van der Waals surface area (Å²) in [6.07, 6.45) is -0.682. The molecule has 2 aromatic rings.